The van der Waals surface area contributed by atoms with Crippen molar-refractivity contribution in [3.05, 3.63) is 89.0 Å². The van der Waals surface area contributed by atoms with Gasteiger partial charge >= 0.3 is 11.8 Å². The molecule has 0 unspecified atom stereocenters. The molecular weight excluding hydrogens is 432 g/mol. The Morgan fingerprint density at radius 2 is 1.76 bits per heavy atom. The van der Waals surface area contributed by atoms with Crippen LogP contribution in [0.5, 0.6) is 11.5 Å². The first kappa shape index (κ1) is 24.0. The van der Waals surface area contributed by atoms with Crippen LogP contribution < -0.4 is 20.2 Å². The first-order valence-electron chi connectivity index (χ1n) is 10.6. The van der Waals surface area contributed by atoms with E-state index >= 15 is 0 Å². The maximum Gasteiger partial charge on any atom is 0.329 e. The molecule has 3 rings (SSSR count). The lowest BCUT2D eigenvalue weighted by molar-refractivity contribution is -0.136. The third-order valence-electron chi connectivity index (χ3n) is 4.77. The molecule has 34 heavy (non-hydrogen) atoms. The third kappa shape index (κ3) is 6.68. The van der Waals surface area contributed by atoms with Crippen molar-refractivity contribution in [2.45, 2.75) is 20.5 Å². The van der Waals surface area contributed by atoms with E-state index in [0.29, 0.717) is 41.5 Å². The Labute approximate surface area is 197 Å². The molecule has 0 spiro atoms. The zero-order valence-electron chi connectivity index (χ0n) is 18.9. The van der Waals surface area contributed by atoms with Crippen molar-refractivity contribution >= 4 is 23.7 Å². The topological polar surface area (TPSA) is 113 Å². The van der Waals surface area contributed by atoms with E-state index in [4.69, 9.17) is 14.7 Å². The van der Waals surface area contributed by atoms with Gasteiger partial charge in [0.05, 0.1) is 24.5 Å². The van der Waals surface area contributed by atoms with E-state index < -0.39 is 11.8 Å². The molecule has 0 saturated heterocycles. The summed E-state index contributed by atoms with van der Waals surface area (Å²) in [5, 5.41) is 15.1. The number of benzene rings is 3. The van der Waals surface area contributed by atoms with Gasteiger partial charge in [-0.1, -0.05) is 24.3 Å². The standard InChI is InChI=1S/C26H24N4O4/c1-3-33-24-14-20(10-13-23(24)34-17-21-7-5-4-6-18(21)2)16-28-30-26(32)25(31)29-22-11-8-19(15-27)9-12-22/h4-14,16H,3,17H2,1-2H3,(H,29,31)(H,30,32)/b28-16+. The normalized spacial score (nSPS) is 10.4. The summed E-state index contributed by atoms with van der Waals surface area (Å²) in [7, 11) is 0. The second-order valence-electron chi connectivity index (χ2n) is 7.20. The van der Waals surface area contributed by atoms with Gasteiger partial charge in [-0.15, -0.1) is 0 Å². The van der Waals surface area contributed by atoms with Crippen LogP contribution >= 0.6 is 0 Å². The van der Waals surface area contributed by atoms with Crippen LogP contribution in [0, 0.1) is 18.3 Å². The summed E-state index contributed by atoms with van der Waals surface area (Å²) in [6.07, 6.45) is 1.40. The molecule has 0 aromatic heterocycles. The third-order valence-corrected chi connectivity index (χ3v) is 4.77. The van der Waals surface area contributed by atoms with Gasteiger partial charge < -0.3 is 14.8 Å². The van der Waals surface area contributed by atoms with E-state index in [9.17, 15) is 9.59 Å². The second-order valence-corrected chi connectivity index (χ2v) is 7.20. The fourth-order valence-corrected chi connectivity index (χ4v) is 2.95. The van der Waals surface area contributed by atoms with Crippen LogP contribution in [0.3, 0.4) is 0 Å². The van der Waals surface area contributed by atoms with Crippen molar-refractivity contribution in [3.63, 3.8) is 0 Å². The van der Waals surface area contributed by atoms with Gasteiger partial charge in [0.2, 0.25) is 0 Å². The Hall–Kier alpha value is -4.64. The minimum Gasteiger partial charge on any atom is -0.490 e. The van der Waals surface area contributed by atoms with Crippen molar-refractivity contribution < 1.29 is 19.1 Å². The zero-order chi connectivity index (χ0) is 24.3. The molecule has 0 aliphatic rings. The summed E-state index contributed by atoms with van der Waals surface area (Å²) in [5.74, 6) is -0.668. The van der Waals surface area contributed by atoms with Gasteiger partial charge in [0, 0.05) is 5.69 Å². The average molecular weight is 457 g/mol. The number of ether oxygens (including phenoxy) is 2. The Morgan fingerprint density at radius 3 is 2.47 bits per heavy atom. The van der Waals surface area contributed by atoms with E-state index in [2.05, 4.69) is 15.8 Å². The van der Waals surface area contributed by atoms with Gasteiger partial charge in [-0.05, 0) is 73.0 Å². The van der Waals surface area contributed by atoms with Gasteiger partial charge in [0.15, 0.2) is 11.5 Å². The quantitative estimate of drug-likeness (QED) is 0.303. The van der Waals surface area contributed by atoms with Crippen LogP contribution in [0.25, 0.3) is 0 Å². The number of hydrogen-bond acceptors (Lipinski definition) is 6. The summed E-state index contributed by atoms with van der Waals surface area (Å²) in [5.41, 5.74) is 5.91. The fourth-order valence-electron chi connectivity index (χ4n) is 2.95. The number of rotatable bonds is 8. The molecule has 0 heterocycles. The fraction of sp³-hybridized carbons (Fsp3) is 0.154. The lowest BCUT2D eigenvalue weighted by Crippen LogP contribution is -2.32. The van der Waals surface area contributed by atoms with E-state index in [1.165, 1.54) is 30.5 Å². The highest BCUT2D eigenvalue weighted by Crippen LogP contribution is 2.29. The molecule has 172 valence electrons. The predicted octanol–water partition coefficient (Wildman–Crippen LogP) is 3.93. The number of nitrogens with zero attached hydrogens (tertiary/aromatic N) is 2. The largest absolute Gasteiger partial charge is 0.490 e. The van der Waals surface area contributed by atoms with Gasteiger partial charge in [0.1, 0.15) is 6.61 Å². The zero-order valence-corrected chi connectivity index (χ0v) is 18.9. The first-order chi connectivity index (χ1) is 16.5. The number of hydrogen-bond donors (Lipinski definition) is 2. The van der Waals surface area contributed by atoms with E-state index in [-0.39, 0.29) is 0 Å². The van der Waals surface area contributed by atoms with E-state index in [1.807, 2.05) is 44.2 Å². The summed E-state index contributed by atoms with van der Waals surface area (Å²) < 4.78 is 11.6. The minimum atomic E-state index is -0.927. The van der Waals surface area contributed by atoms with Gasteiger partial charge in [0.25, 0.3) is 0 Å². The molecule has 8 nitrogen and oxygen atoms in total. The number of nitriles is 1. The van der Waals surface area contributed by atoms with Crippen LogP contribution in [0.15, 0.2) is 71.8 Å². The van der Waals surface area contributed by atoms with Crippen molar-refractivity contribution in [1.82, 2.24) is 5.43 Å². The maximum absolute atomic E-state index is 12.0. The molecule has 0 saturated carbocycles. The molecule has 0 aliphatic heterocycles. The average Bonchev–Trinajstić information content (AvgIpc) is 2.85. The lowest BCUT2D eigenvalue weighted by Gasteiger charge is -2.13. The molecule has 2 amide bonds. The van der Waals surface area contributed by atoms with Crippen molar-refractivity contribution in [1.29, 1.82) is 5.26 Å². The highest BCUT2D eigenvalue weighted by Gasteiger charge is 2.13. The summed E-state index contributed by atoms with van der Waals surface area (Å²) in [4.78, 5) is 24.0. The smallest absolute Gasteiger partial charge is 0.329 e. The van der Waals surface area contributed by atoms with Gasteiger partial charge in [-0.2, -0.15) is 10.4 Å². The van der Waals surface area contributed by atoms with Crippen LogP contribution in [0.2, 0.25) is 0 Å². The summed E-state index contributed by atoms with van der Waals surface area (Å²) in [6.45, 7) is 4.76. The van der Waals surface area contributed by atoms with Gasteiger partial charge in [-0.3, -0.25) is 9.59 Å². The maximum atomic E-state index is 12.0. The number of hydrazone groups is 1. The molecule has 0 bridgehead atoms. The monoisotopic (exact) mass is 456 g/mol. The van der Waals surface area contributed by atoms with Crippen molar-refractivity contribution in [3.8, 4) is 17.6 Å². The molecule has 0 fully saturated rings. The van der Waals surface area contributed by atoms with Gasteiger partial charge in [-0.25, -0.2) is 5.43 Å². The first-order valence-corrected chi connectivity index (χ1v) is 10.6. The Balaban J connectivity index is 1.59. The number of amides is 2. The SMILES string of the molecule is CCOc1cc(/C=N/NC(=O)C(=O)Nc2ccc(C#N)cc2)ccc1OCc1ccccc1C. The molecule has 8 heteroatoms. The summed E-state index contributed by atoms with van der Waals surface area (Å²) in [6, 6.07) is 21.4. The number of carbonyl (C=O) groups excluding carboxylic acids is 2. The molecule has 3 aromatic carbocycles. The van der Waals surface area contributed by atoms with E-state index in [1.54, 1.807) is 18.2 Å². The number of anilines is 1. The lowest BCUT2D eigenvalue weighted by atomic mass is 10.1. The molecule has 0 atom stereocenters. The number of nitrogens with one attached hydrogen (secondary N) is 2. The van der Waals surface area contributed by atoms with Crippen molar-refractivity contribution in [2.75, 3.05) is 11.9 Å². The Kier molecular flexibility index (Phi) is 8.36. The molecular formula is C26H24N4O4. The van der Waals surface area contributed by atoms with Crippen LogP contribution in [0.4, 0.5) is 5.69 Å². The number of aryl methyl sites for hydroxylation is 1. The van der Waals surface area contributed by atoms with Crippen LogP contribution in [-0.2, 0) is 16.2 Å². The predicted molar refractivity (Wildman–Crippen MR) is 129 cm³/mol. The molecule has 0 aliphatic carbocycles. The Bertz CT molecular complexity index is 1230. The van der Waals surface area contributed by atoms with Crippen molar-refractivity contribution in [2.24, 2.45) is 5.10 Å². The van der Waals surface area contributed by atoms with Crippen LogP contribution in [0.1, 0.15) is 29.2 Å². The van der Waals surface area contributed by atoms with Crippen LogP contribution in [-0.4, -0.2) is 24.6 Å². The summed E-state index contributed by atoms with van der Waals surface area (Å²) >= 11 is 0. The second kappa shape index (κ2) is 11.8. The number of carbonyl (C=O) groups is 2. The highest BCUT2D eigenvalue weighted by molar-refractivity contribution is 6.39. The molecule has 3 aromatic rings. The highest BCUT2D eigenvalue weighted by atomic mass is 16.5. The molecule has 0 radical (unpaired) electrons. The molecule has 2 N–H and O–H groups in total. The Morgan fingerprint density at radius 1 is 1.00 bits per heavy atom. The van der Waals surface area contributed by atoms with E-state index in [0.717, 1.165) is 11.1 Å². The minimum absolute atomic E-state index is 0.394.